The van der Waals surface area contributed by atoms with Crippen LogP contribution < -0.4 is 0 Å². The van der Waals surface area contributed by atoms with E-state index in [4.69, 9.17) is 10.2 Å². The molecule has 0 unspecified atom stereocenters. The third kappa shape index (κ3) is 19.9. The lowest BCUT2D eigenvalue weighted by atomic mass is 10.4. The van der Waals surface area contributed by atoms with Crippen molar-refractivity contribution in [3.63, 3.8) is 0 Å². The van der Waals surface area contributed by atoms with E-state index in [-0.39, 0.29) is 30.7 Å². The molecule has 0 aliphatic heterocycles. The van der Waals surface area contributed by atoms with Gasteiger partial charge in [0, 0.05) is 35.9 Å². The average Bonchev–Trinajstić information content (AvgIpc) is 2.82. The van der Waals surface area contributed by atoms with Crippen molar-refractivity contribution in [3.8, 4) is 0 Å². The van der Waals surface area contributed by atoms with Crippen molar-refractivity contribution in [1.82, 2.24) is 0 Å². The molecule has 3 aromatic rings. The predicted molar refractivity (Wildman–Crippen MR) is 155 cm³/mol. The van der Waals surface area contributed by atoms with Crippen LogP contribution in [0.15, 0.2) is 87.5 Å². The minimum Gasteiger partial charge on any atom is -0.396 e. The van der Waals surface area contributed by atoms with E-state index >= 15 is 0 Å². The summed E-state index contributed by atoms with van der Waals surface area (Å²) >= 11 is 12.4. The third-order valence-corrected chi connectivity index (χ3v) is 7.06. The molecule has 0 aromatic heterocycles. The van der Waals surface area contributed by atoms with Gasteiger partial charge in [-0.25, -0.2) is 13.2 Å². The summed E-state index contributed by atoms with van der Waals surface area (Å²) in [6.07, 6.45) is 0. The van der Waals surface area contributed by atoms with Gasteiger partial charge in [0.15, 0.2) is 0 Å². The van der Waals surface area contributed by atoms with Crippen molar-refractivity contribution in [2.75, 3.05) is 34.5 Å². The second kappa shape index (κ2) is 23.1. The Hall–Kier alpha value is -0.370. The third-order valence-electron chi connectivity index (χ3n) is 3.19. The van der Waals surface area contributed by atoms with Crippen LogP contribution in [0.5, 0.6) is 0 Å². The zero-order valence-corrected chi connectivity index (χ0v) is 24.5. The van der Waals surface area contributed by atoms with Gasteiger partial charge in [0.25, 0.3) is 0 Å². The van der Waals surface area contributed by atoms with E-state index in [0.717, 1.165) is 20.0 Å². The first kappa shape index (κ1) is 33.6. The molecule has 0 spiro atoms. The lowest BCUT2D eigenvalue weighted by Gasteiger charge is -1.97. The fraction of sp³-hybridized carbons (Fsp3) is 0.250. The minimum atomic E-state index is -0.238. The highest BCUT2D eigenvalue weighted by molar-refractivity contribution is 14.1. The zero-order chi connectivity index (χ0) is 25.6. The number of rotatable bonds is 7. The maximum absolute atomic E-state index is 12.6. The van der Waals surface area contributed by atoms with Crippen LogP contribution in [0, 0.1) is 17.5 Å². The molecule has 188 valence electrons. The van der Waals surface area contributed by atoms with Crippen LogP contribution in [0.3, 0.4) is 0 Å². The second-order valence-electron chi connectivity index (χ2n) is 5.92. The summed E-state index contributed by atoms with van der Waals surface area (Å²) in [6, 6.07) is 19.2. The molecular weight excluding hydrogens is 680 g/mol. The van der Waals surface area contributed by atoms with Crippen molar-refractivity contribution in [2.45, 2.75) is 14.7 Å². The summed E-state index contributed by atoms with van der Waals surface area (Å²) < 4.78 is 38.3. The number of aliphatic hydroxyl groups excluding tert-OH is 2. The van der Waals surface area contributed by atoms with Crippen LogP contribution in [0.1, 0.15) is 0 Å². The molecule has 2 N–H and O–H groups in total. The summed E-state index contributed by atoms with van der Waals surface area (Å²) in [5.41, 5.74) is 0. The molecule has 0 aliphatic rings. The summed E-state index contributed by atoms with van der Waals surface area (Å²) in [7, 11) is 0. The number of hydrogen-bond acceptors (Lipinski definition) is 5. The average molecular weight is 707 g/mol. The van der Waals surface area contributed by atoms with Gasteiger partial charge in [0.1, 0.15) is 17.5 Å². The van der Waals surface area contributed by atoms with E-state index in [1.165, 1.54) is 42.1 Å². The van der Waals surface area contributed by atoms with E-state index < -0.39 is 0 Å². The number of alkyl halides is 2. The first-order valence-corrected chi connectivity index (χ1v) is 15.0. The predicted octanol–water partition coefficient (Wildman–Crippen LogP) is 7.75. The topological polar surface area (TPSA) is 40.5 Å². The highest BCUT2D eigenvalue weighted by atomic mass is 127. The van der Waals surface area contributed by atoms with Crippen LogP contribution >= 0.6 is 74.7 Å². The molecule has 3 rings (SSSR count). The number of hydrogen-bond donors (Lipinski definition) is 3. The highest BCUT2D eigenvalue weighted by Gasteiger charge is 1.94. The normalized spacial score (nSPS) is 9.53. The molecule has 0 amide bonds. The number of thiol groups is 1. The number of aliphatic hydroxyl groups is 2. The summed E-state index contributed by atoms with van der Waals surface area (Å²) in [6.45, 7) is 0.362. The van der Waals surface area contributed by atoms with Gasteiger partial charge in [-0.05, 0) is 54.6 Å². The first-order valence-electron chi connectivity index (χ1n) is 9.91. The molecule has 0 saturated carbocycles. The maximum atomic E-state index is 12.6. The minimum absolute atomic E-state index is 0.126. The number of halogens is 5. The molecule has 0 bridgehead atoms. The Bertz CT molecular complexity index is 842. The van der Waals surface area contributed by atoms with Crippen LogP contribution in [0.25, 0.3) is 0 Å². The lowest BCUT2D eigenvalue weighted by Crippen LogP contribution is -1.85. The molecule has 34 heavy (non-hydrogen) atoms. The summed E-state index contributed by atoms with van der Waals surface area (Å²) in [5, 5.41) is 17.0. The molecule has 2 nitrogen and oxygen atoms in total. The highest BCUT2D eigenvalue weighted by Crippen LogP contribution is 2.19. The Morgan fingerprint density at radius 3 is 1.50 bits per heavy atom. The number of thioether (sulfide) groups is 2. The van der Waals surface area contributed by atoms with E-state index in [1.54, 1.807) is 42.1 Å². The summed E-state index contributed by atoms with van der Waals surface area (Å²) in [5.74, 6) is 1.04. The van der Waals surface area contributed by atoms with E-state index in [2.05, 4.69) is 51.1 Å². The fourth-order valence-corrected chi connectivity index (χ4v) is 4.16. The molecular formula is C24H27BrF3IO2S3. The molecule has 0 aliphatic carbocycles. The SMILES string of the molecule is Fc1cccc(S)c1.Fc1cccc(SCCI)c1.OCCBr.OCCSc1cccc(F)c1. The van der Waals surface area contributed by atoms with Crippen molar-refractivity contribution < 1.29 is 23.4 Å². The Morgan fingerprint density at radius 2 is 1.18 bits per heavy atom. The van der Waals surface area contributed by atoms with Gasteiger partial charge in [0.2, 0.25) is 0 Å². The van der Waals surface area contributed by atoms with Gasteiger partial charge in [-0.15, -0.1) is 36.2 Å². The van der Waals surface area contributed by atoms with Crippen molar-refractivity contribution in [1.29, 1.82) is 0 Å². The second-order valence-corrected chi connectivity index (χ2v) is 10.6. The van der Waals surface area contributed by atoms with Crippen LogP contribution in [0.4, 0.5) is 13.2 Å². The monoisotopic (exact) mass is 706 g/mol. The summed E-state index contributed by atoms with van der Waals surface area (Å²) in [4.78, 5) is 2.53. The maximum Gasteiger partial charge on any atom is 0.124 e. The Kier molecular flexibility index (Phi) is 22.8. The Morgan fingerprint density at radius 1 is 0.735 bits per heavy atom. The number of benzene rings is 3. The molecule has 0 radical (unpaired) electrons. The van der Waals surface area contributed by atoms with E-state index in [9.17, 15) is 13.2 Å². The van der Waals surface area contributed by atoms with Gasteiger partial charge in [-0.2, -0.15) is 0 Å². The van der Waals surface area contributed by atoms with Crippen LogP contribution in [-0.4, -0.2) is 44.7 Å². The standard InChI is InChI=1S/C8H8FIS.C8H9FOS.C6H5FS.C2H5BrO/c2*9-7-2-1-3-8(6-7)11-5-4-10;7-5-2-1-3-6(8)4-5;3-1-2-4/h1-3,6H,4-5H2;1-3,6,10H,4-5H2;1-4,8H;4H,1-2H2. The molecule has 10 heteroatoms. The molecule has 0 saturated heterocycles. The molecule has 0 atom stereocenters. The smallest absolute Gasteiger partial charge is 0.124 e. The zero-order valence-electron chi connectivity index (χ0n) is 18.2. The lowest BCUT2D eigenvalue weighted by molar-refractivity contribution is 0.322. The van der Waals surface area contributed by atoms with Gasteiger partial charge in [0.05, 0.1) is 13.2 Å². The fourth-order valence-electron chi connectivity index (χ4n) is 1.91. The van der Waals surface area contributed by atoms with Gasteiger partial charge in [-0.3, -0.25) is 0 Å². The Balaban J connectivity index is 0.000000450. The van der Waals surface area contributed by atoms with Gasteiger partial charge >= 0.3 is 0 Å². The quantitative estimate of drug-likeness (QED) is 0.102. The first-order chi connectivity index (χ1) is 16.4. The van der Waals surface area contributed by atoms with Crippen molar-refractivity contribution >= 4 is 74.7 Å². The van der Waals surface area contributed by atoms with Crippen molar-refractivity contribution in [3.05, 3.63) is 90.2 Å². The molecule has 0 heterocycles. The van der Waals surface area contributed by atoms with E-state index in [1.807, 2.05) is 12.1 Å². The Labute approximate surface area is 235 Å². The van der Waals surface area contributed by atoms with Crippen LogP contribution in [-0.2, 0) is 0 Å². The van der Waals surface area contributed by atoms with Gasteiger partial charge in [-0.1, -0.05) is 56.7 Å². The molecule has 3 aromatic carbocycles. The van der Waals surface area contributed by atoms with Crippen molar-refractivity contribution in [2.24, 2.45) is 0 Å². The van der Waals surface area contributed by atoms with Crippen LogP contribution in [0.2, 0.25) is 0 Å². The van der Waals surface area contributed by atoms with Gasteiger partial charge < -0.3 is 10.2 Å². The van der Waals surface area contributed by atoms with E-state index in [0.29, 0.717) is 16.0 Å². The molecule has 0 fully saturated rings. The largest absolute Gasteiger partial charge is 0.396 e.